The molecular weight excluding hydrogens is 396 g/mol. The molecule has 31 heavy (non-hydrogen) atoms. The zero-order valence-electron chi connectivity index (χ0n) is 18.3. The number of nitrogens with one attached hydrogen (secondary N) is 1. The van der Waals surface area contributed by atoms with Crippen LogP contribution >= 0.6 is 0 Å². The minimum atomic E-state index is -1.00. The largest absolute Gasteiger partial charge is 0.493 e. The van der Waals surface area contributed by atoms with E-state index in [0.29, 0.717) is 33.7 Å². The Bertz CT molecular complexity index is 1110. The number of anilines is 1. The summed E-state index contributed by atoms with van der Waals surface area (Å²) in [5, 5.41) is 3.41. The molecule has 1 heterocycles. The van der Waals surface area contributed by atoms with E-state index in [0.717, 1.165) is 5.69 Å². The van der Waals surface area contributed by atoms with E-state index in [4.69, 9.17) is 14.2 Å². The summed E-state index contributed by atoms with van der Waals surface area (Å²) in [6.45, 7) is 5.54. The summed E-state index contributed by atoms with van der Waals surface area (Å²) in [4.78, 5) is 30.1. The van der Waals surface area contributed by atoms with Gasteiger partial charge in [0.15, 0.2) is 17.6 Å². The van der Waals surface area contributed by atoms with Gasteiger partial charge in [-0.25, -0.2) is 4.79 Å². The van der Waals surface area contributed by atoms with Gasteiger partial charge in [0.05, 0.1) is 25.3 Å². The van der Waals surface area contributed by atoms with E-state index in [-0.39, 0.29) is 5.92 Å². The average molecular weight is 422 g/mol. The molecule has 162 valence electrons. The molecule has 1 unspecified atom stereocenters. The maximum atomic E-state index is 12.9. The summed E-state index contributed by atoms with van der Waals surface area (Å²) in [6.07, 6.45) is -1.00. The number of pyridine rings is 1. The number of esters is 1. The molecule has 0 bridgehead atoms. The monoisotopic (exact) mass is 422 g/mol. The minimum absolute atomic E-state index is 0.141. The number of hydrogen-bond acceptors (Lipinski definition) is 6. The number of amides is 1. The smallest absolute Gasteiger partial charge is 0.339 e. The molecule has 7 heteroatoms. The van der Waals surface area contributed by atoms with Crippen LogP contribution in [0.5, 0.6) is 11.5 Å². The van der Waals surface area contributed by atoms with Crippen LogP contribution in [0, 0.1) is 0 Å². The molecular formula is C24H26N2O5. The molecule has 0 saturated heterocycles. The number of benzene rings is 2. The second-order valence-electron chi connectivity index (χ2n) is 7.37. The number of carbonyl (C=O) groups excluding carboxylic acids is 2. The number of fused-ring (bicyclic) bond motifs is 1. The molecule has 0 fully saturated rings. The Labute approximate surface area is 181 Å². The van der Waals surface area contributed by atoms with Gasteiger partial charge in [-0.05, 0) is 37.1 Å². The zero-order chi connectivity index (χ0) is 22.5. The van der Waals surface area contributed by atoms with Crippen LogP contribution in [-0.2, 0) is 9.53 Å². The first-order valence-electron chi connectivity index (χ1n) is 9.97. The van der Waals surface area contributed by atoms with Crippen molar-refractivity contribution in [2.24, 2.45) is 0 Å². The van der Waals surface area contributed by atoms with E-state index < -0.39 is 18.0 Å². The van der Waals surface area contributed by atoms with Crippen molar-refractivity contribution in [1.82, 2.24) is 4.98 Å². The van der Waals surface area contributed by atoms with Gasteiger partial charge < -0.3 is 19.5 Å². The number of ether oxygens (including phenoxy) is 3. The van der Waals surface area contributed by atoms with Gasteiger partial charge in [-0.15, -0.1) is 0 Å². The van der Waals surface area contributed by atoms with Crippen molar-refractivity contribution in [1.29, 1.82) is 0 Å². The van der Waals surface area contributed by atoms with Gasteiger partial charge in [0, 0.05) is 22.8 Å². The number of carbonyl (C=O) groups is 2. The lowest BCUT2D eigenvalue weighted by molar-refractivity contribution is -0.123. The topological polar surface area (TPSA) is 86.8 Å². The van der Waals surface area contributed by atoms with E-state index in [1.54, 1.807) is 24.3 Å². The molecule has 3 rings (SSSR count). The molecule has 7 nitrogen and oxygen atoms in total. The van der Waals surface area contributed by atoms with Crippen molar-refractivity contribution in [3.8, 4) is 11.5 Å². The molecule has 0 saturated carbocycles. The van der Waals surface area contributed by atoms with Crippen LogP contribution in [0.3, 0.4) is 0 Å². The van der Waals surface area contributed by atoms with Gasteiger partial charge in [0.1, 0.15) is 0 Å². The van der Waals surface area contributed by atoms with Crippen molar-refractivity contribution in [3.05, 3.63) is 59.8 Å². The summed E-state index contributed by atoms with van der Waals surface area (Å²) >= 11 is 0. The maximum Gasteiger partial charge on any atom is 0.339 e. The lowest BCUT2D eigenvalue weighted by atomic mass is 10.0. The molecule has 0 radical (unpaired) electrons. The van der Waals surface area contributed by atoms with Gasteiger partial charge in [0.25, 0.3) is 5.91 Å². The molecule has 0 aliphatic heterocycles. The van der Waals surface area contributed by atoms with Crippen LogP contribution in [-0.4, -0.2) is 37.2 Å². The predicted octanol–water partition coefficient (Wildman–Crippen LogP) is 4.56. The number of rotatable bonds is 7. The van der Waals surface area contributed by atoms with Crippen molar-refractivity contribution < 1.29 is 23.8 Å². The Morgan fingerprint density at radius 2 is 1.65 bits per heavy atom. The van der Waals surface area contributed by atoms with Crippen LogP contribution < -0.4 is 14.8 Å². The maximum absolute atomic E-state index is 12.9. The number of methoxy groups -OCH3 is 2. The highest BCUT2D eigenvalue weighted by atomic mass is 16.5. The van der Waals surface area contributed by atoms with E-state index >= 15 is 0 Å². The zero-order valence-corrected chi connectivity index (χ0v) is 18.3. The number of nitrogens with zero attached hydrogens (tertiary/aromatic N) is 1. The van der Waals surface area contributed by atoms with E-state index in [1.165, 1.54) is 21.1 Å². The van der Waals surface area contributed by atoms with Gasteiger partial charge in [-0.1, -0.05) is 32.0 Å². The molecule has 3 aromatic rings. The third-order valence-corrected chi connectivity index (χ3v) is 4.85. The second kappa shape index (κ2) is 9.47. The van der Waals surface area contributed by atoms with Crippen molar-refractivity contribution in [3.63, 3.8) is 0 Å². The summed E-state index contributed by atoms with van der Waals surface area (Å²) < 4.78 is 15.9. The van der Waals surface area contributed by atoms with E-state index in [9.17, 15) is 9.59 Å². The van der Waals surface area contributed by atoms with Crippen LogP contribution in [0.4, 0.5) is 5.69 Å². The van der Waals surface area contributed by atoms with Crippen LogP contribution in [0.2, 0.25) is 0 Å². The summed E-state index contributed by atoms with van der Waals surface area (Å²) in [6, 6.07) is 14.1. The normalized spacial score (nSPS) is 11.8. The van der Waals surface area contributed by atoms with Crippen LogP contribution in [0.25, 0.3) is 10.9 Å². The molecule has 1 amide bonds. The Balaban J connectivity index is 1.78. The van der Waals surface area contributed by atoms with Gasteiger partial charge in [0.2, 0.25) is 0 Å². The molecule has 0 aliphatic rings. The molecule has 1 atom stereocenters. The SMILES string of the molecule is COc1ccc(NC(=O)C(C)OC(=O)c2cc(C(C)C)nc3ccccc23)cc1OC. The standard InChI is InChI=1S/C24H26N2O5/c1-14(2)20-13-18(17-8-6-7-9-19(17)26-20)24(28)31-15(3)23(27)25-16-10-11-21(29-4)22(12-16)30-5/h6-15H,1-5H3,(H,25,27). The third kappa shape index (κ3) is 4.94. The Morgan fingerprint density at radius 1 is 0.935 bits per heavy atom. The highest BCUT2D eigenvalue weighted by Gasteiger charge is 2.22. The van der Waals surface area contributed by atoms with E-state index in [1.807, 2.05) is 38.1 Å². The summed E-state index contributed by atoms with van der Waals surface area (Å²) in [5.74, 6) is 0.139. The fourth-order valence-electron chi connectivity index (χ4n) is 3.10. The lowest BCUT2D eigenvalue weighted by Gasteiger charge is -2.16. The molecule has 1 N–H and O–H groups in total. The quantitative estimate of drug-likeness (QED) is 0.562. The number of aromatic nitrogens is 1. The van der Waals surface area contributed by atoms with Crippen LogP contribution in [0.1, 0.15) is 42.7 Å². The van der Waals surface area contributed by atoms with Gasteiger partial charge in [-0.2, -0.15) is 0 Å². The summed E-state index contributed by atoms with van der Waals surface area (Å²) in [5.41, 5.74) is 2.39. The Morgan fingerprint density at radius 3 is 2.32 bits per heavy atom. The molecule has 2 aromatic carbocycles. The molecule has 1 aromatic heterocycles. The highest BCUT2D eigenvalue weighted by Crippen LogP contribution is 2.30. The Kier molecular flexibility index (Phi) is 6.74. The second-order valence-corrected chi connectivity index (χ2v) is 7.37. The first-order chi connectivity index (χ1) is 14.8. The van der Waals surface area contributed by atoms with Crippen molar-refractivity contribution in [2.45, 2.75) is 32.8 Å². The number of para-hydroxylation sites is 1. The van der Waals surface area contributed by atoms with Crippen molar-refractivity contribution >= 4 is 28.5 Å². The lowest BCUT2D eigenvalue weighted by Crippen LogP contribution is -2.30. The van der Waals surface area contributed by atoms with Crippen molar-refractivity contribution in [2.75, 3.05) is 19.5 Å². The fourth-order valence-corrected chi connectivity index (χ4v) is 3.10. The third-order valence-electron chi connectivity index (χ3n) is 4.85. The highest BCUT2D eigenvalue weighted by molar-refractivity contribution is 6.05. The first kappa shape index (κ1) is 22.1. The first-order valence-corrected chi connectivity index (χ1v) is 9.97. The van der Waals surface area contributed by atoms with Gasteiger partial charge >= 0.3 is 5.97 Å². The van der Waals surface area contributed by atoms with E-state index in [2.05, 4.69) is 10.3 Å². The average Bonchev–Trinajstić information content (AvgIpc) is 2.77. The summed E-state index contributed by atoms with van der Waals surface area (Å²) in [7, 11) is 3.05. The fraction of sp³-hybridized carbons (Fsp3) is 0.292. The number of hydrogen-bond donors (Lipinski definition) is 1. The molecule has 0 aliphatic carbocycles. The molecule has 0 spiro atoms. The minimum Gasteiger partial charge on any atom is -0.493 e. The predicted molar refractivity (Wildman–Crippen MR) is 119 cm³/mol. The van der Waals surface area contributed by atoms with Crippen LogP contribution in [0.15, 0.2) is 48.5 Å². The van der Waals surface area contributed by atoms with Gasteiger partial charge in [-0.3, -0.25) is 9.78 Å². The Hall–Kier alpha value is -3.61.